The lowest BCUT2D eigenvalue weighted by Crippen LogP contribution is -2.51. The first kappa shape index (κ1) is 23.6. The van der Waals surface area contributed by atoms with Crippen molar-refractivity contribution in [1.29, 1.82) is 0 Å². The number of aryl methyl sites for hydroxylation is 1. The number of amides is 2. The first-order valence-corrected chi connectivity index (χ1v) is 12.5. The Kier molecular flexibility index (Phi) is 7.20. The number of nitrogens with zero attached hydrogens (tertiary/aromatic N) is 3. The van der Waals surface area contributed by atoms with Crippen molar-refractivity contribution in [2.75, 3.05) is 57.9 Å². The predicted molar refractivity (Wildman–Crippen MR) is 133 cm³/mol. The van der Waals surface area contributed by atoms with Crippen LogP contribution in [0, 0.1) is 12.8 Å². The van der Waals surface area contributed by atoms with Crippen LogP contribution in [-0.2, 0) is 16.1 Å². The van der Waals surface area contributed by atoms with E-state index in [2.05, 4.69) is 27.2 Å². The van der Waals surface area contributed by atoms with Gasteiger partial charge in [-0.1, -0.05) is 23.8 Å². The van der Waals surface area contributed by atoms with Gasteiger partial charge in [-0.15, -0.1) is 0 Å². The number of carbonyl (C=O) groups is 2. The van der Waals surface area contributed by atoms with Crippen LogP contribution in [0.2, 0.25) is 0 Å². The van der Waals surface area contributed by atoms with E-state index in [0.29, 0.717) is 13.3 Å². The largest absolute Gasteiger partial charge is 0.454 e. The molecule has 0 aliphatic carbocycles. The molecule has 2 saturated heterocycles. The third-order valence-electron chi connectivity index (χ3n) is 7.17. The molecule has 2 aromatic carbocycles. The maximum Gasteiger partial charge on any atom is 0.238 e. The van der Waals surface area contributed by atoms with Gasteiger partial charge < -0.3 is 19.7 Å². The van der Waals surface area contributed by atoms with Crippen molar-refractivity contribution in [3.63, 3.8) is 0 Å². The van der Waals surface area contributed by atoms with Gasteiger partial charge in [0.2, 0.25) is 18.6 Å². The van der Waals surface area contributed by atoms with Crippen LogP contribution in [0.5, 0.6) is 11.5 Å². The zero-order valence-electron chi connectivity index (χ0n) is 20.4. The molecule has 0 saturated carbocycles. The lowest BCUT2D eigenvalue weighted by Gasteiger charge is -2.38. The van der Waals surface area contributed by atoms with Gasteiger partial charge in [0.05, 0.1) is 6.54 Å². The molecule has 3 heterocycles. The number of carbonyl (C=O) groups excluding carboxylic acids is 2. The van der Waals surface area contributed by atoms with E-state index < -0.39 is 0 Å². The number of fused-ring (bicyclic) bond motifs is 1. The van der Waals surface area contributed by atoms with Crippen molar-refractivity contribution in [2.24, 2.45) is 5.92 Å². The molecule has 8 heteroatoms. The Morgan fingerprint density at radius 3 is 2.34 bits per heavy atom. The minimum absolute atomic E-state index is 0.00258. The molecule has 1 N–H and O–H groups in total. The standard InChI is InChI=1S/C27H34N4O4/c1-20-2-5-23(6-3-20)28-26(32)18-29-10-8-22(9-11-29)27(33)31-14-12-30(13-15-31)17-21-4-7-24-25(16-21)35-19-34-24/h2-7,16,22H,8-15,17-19H2,1H3,(H,28,32). The molecule has 0 spiro atoms. The summed E-state index contributed by atoms with van der Waals surface area (Å²) >= 11 is 0. The second-order valence-electron chi connectivity index (χ2n) is 9.75. The zero-order valence-corrected chi connectivity index (χ0v) is 20.4. The van der Waals surface area contributed by atoms with Crippen LogP contribution in [0.4, 0.5) is 5.69 Å². The zero-order chi connectivity index (χ0) is 24.2. The molecule has 2 fully saturated rings. The second-order valence-corrected chi connectivity index (χ2v) is 9.75. The number of nitrogens with one attached hydrogen (secondary N) is 1. The molecule has 2 aromatic rings. The van der Waals surface area contributed by atoms with E-state index in [4.69, 9.17) is 9.47 Å². The normalized spacial score (nSPS) is 19.1. The van der Waals surface area contributed by atoms with E-state index in [9.17, 15) is 9.59 Å². The molecule has 0 radical (unpaired) electrons. The Morgan fingerprint density at radius 1 is 0.886 bits per heavy atom. The van der Waals surface area contributed by atoms with Crippen molar-refractivity contribution in [2.45, 2.75) is 26.3 Å². The molecule has 186 valence electrons. The number of piperazine rings is 1. The van der Waals surface area contributed by atoms with Crippen LogP contribution >= 0.6 is 0 Å². The lowest BCUT2D eigenvalue weighted by molar-refractivity contribution is -0.139. The van der Waals surface area contributed by atoms with Crippen LogP contribution in [0.1, 0.15) is 24.0 Å². The van der Waals surface area contributed by atoms with E-state index in [1.54, 1.807) is 0 Å². The highest BCUT2D eigenvalue weighted by molar-refractivity contribution is 5.92. The Bertz CT molecular complexity index is 1040. The van der Waals surface area contributed by atoms with Crippen molar-refractivity contribution in [3.8, 4) is 11.5 Å². The van der Waals surface area contributed by atoms with Crippen LogP contribution < -0.4 is 14.8 Å². The molecule has 0 aromatic heterocycles. The van der Waals surface area contributed by atoms with E-state index >= 15 is 0 Å². The number of ether oxygens (including phenoxy) is 2. The van der Waals surface area contributed by atoms with Gasteiger partial charge in [-0.05, 0) is 62.7 Å². The number of hydrogen-bond donors (Lipinski definition) is 1. The second kappa shape index (κ2) is 10.7. The third kappa shape index (κ3) is 5.94. The average molecular weight is 479 g/mol. The van der Waals surface area contributed by atoms with Gasteiger partial charge in [0.15, 0.2) is 11.5 Å². The molecule has 2 amide bonds. The summed E-state index contributed by atoms with van der Waals surface area (Å²) in [5.74, 6) is 1.96. The molecule has 0 atom stereocenters. The molecule has 8 nitrogen and oxygen atoms in total. The summed E-state index contributed by atoms with van der Waals surface area (Å²) in [5, 5.41) is 2.96. The van der Waals surface area contributed by atoms with Gasteiger partial charge in [0.25, 0.3) is 0 Å². The first-order valence-electron chi connectivity index (χ1n) is 12.5. The van der Waals surface area contributed by atoms with E-state index in [-0.39, 0.29) is 17.7 Å². The van der Waals surface area contributed by atoms with Gasteiger partial charge in [-0.2, -0.15) is 0 Å². The van der Waals surface area contributed by atoms with Crippen LogP contribution in [0.3, 0.4) is 0 Å². The Labute approximate surface area is 206 Å². The summed E-state index contributed by atoms with van der Waals surface area (Å²) in [6.07, 6.45) is 1.63. The van der Waals surface area contributed by atoms with Gasteiger partial charge in [-0.3, -0.25) is 19.4 Å². The SMILES string of the molecule is Cc1ccc(NC(=O)CN2CCC(C(=O)N3CCN(Cc4ccc5c(c4)OCO5)CC3)CC2)cc1. The van der Waals surface area contributed by atoms with Gasteiger partial charge >= 0.3 is 0 Å². The minimum atomic E-state index is -0.00258. The minimum Gasteiger partial charge on any atom is -0.454 e. The van der Waals surface area contributed by atoms with Gasteiger partial charge in [-0.25, -0.2) is 0 Å². The fourth-order valence-electron chi connectivity index (χ4n) is 5.06. The highest BCUT2D eigenvalue weighted by Gasteiger charge is 2.31. The van der Waals surface area contributed by atoms with Crippen molar-refractivity contribution in [1.82, 2.24) is 14.7 Å². The summed E-state index contributed by atoms with van der Waals surface area (Å²) in [6, 6.07) is 13.9. The fourth-order valence-corrected chi connectivity index (χ4v) is 5.06. The van der Waals surface area contributed by atoms with Gasteiger partial charge in [0.1, 0.15) is 0 Å². The summed E-state index contributed by atoms with van der Waals surface area (Å²) in [6.45, 7) is 8.37. The summed E-state index contributed by atoms with van der Waals surface area (Å²) in [5.41, 5.74) is 3.19. The number of anilines is 1. The molecule has 0 unspecified atom stereocenters. The van der Waals surface area contributed by atoms with E-state index in [1.165, 1.54) is 11.1 Å². The van der Waals surface area contributed by atoms with Crippen LogP contribution in [0.15, 0.2) is 42.5 Å². The molecule has 0 bridgehead atoms. The van der Waals surface area contributed by atoms with Gasteiger partial charge in [0, 0.05) is 44.3 Å². The number of rotatable bonds is 6. The molecular formula is C27H34N4O4. The predicted octanol–water partition coefficient (Wildman–Crippen LogP) is 2.72. The Hall–Kier alpha value is -3.10. The van der Waals surface area contributed by atoms with E-state index in [1.807, 2.05) is 42.2 Å². The highest BCUT2D eigenvalue weighted by Crippen LogP contribution is 2.33. The molecule has 3 aliphatic heterocycles. The lowest BCUT2D eigenvalue weighted by atomic mass is 9.95. The Morgan fingerprint density at radius 2 is 1.60 bits per heavy atom. The monoisotopic (exact) mass is 478 g/mol. The Balaban J connectivity index is 1.03. The number of hydrogen-bond acceptors (Lipinski definition) is 6. The van der Waals surface area contributed by atoms with E-state index in [0.717, 1.165) is 75.8 Å². The van der Waals surface area contributed by atoms with Crippen molar-refractivity contribution >= 4 is 17.5 Å². The summed E-state index contributed by atoms with van der Waals surface area (Å²) in [4.78, 5) is 32.1. The molecule has 35 heavy (non-hydrogen) atoms. The number of piperidine rings is 1. The third-order valence-corrected chi connectivity index (χ3v) is 7.17. The summed E-state index contributed by atoms with van der Waals surface area (Å²) < 4.78 is 10.9. The number of benzene rings is 2. The highest BCUT2D eigenvalue weighted by atomic mass is 16.7. The maximum atomic E-state index is 13.1. The van der Waals surface area contributed by atoms with Crippen molar-refractivity contribution in [3.05, 3.63) is 53.6 Å². The topological polar surface area (TPSA) is 74.4 Å². The fraction of sp³-hybridized carbons (Fsp3) is 0.481. The van der Waals surface area contributed by atoms with Crippen LogP contribution in [0.25, 0.3) is 0 Å². The smallest absolute Gasteiger partial charge is 0.238 e. The first-order chi connectivity index (χ1) is 17.0. The number of likely N-dealkylation sites (tertiary alicyclic amines) is 1. The van der Waals surface area contributed by atoms with Crippen LogP contribution in [-0.4, -0.2) is 79.1 Å². The average Bonchev–Trinajstić information content (AvgIpc) is 3.34. The molecular weight excluding hydrogens is 444 g/mol. The quantitative estimate of drug-likeness (QED) is 0.688. The maximum absolute atomic E-state index is 13.1. The molecule has 3 aliphatic rings. The summed E-state index contributed by atoms with van der Waals surface area (Å²) in [7, 11) is 0. The van der Waals surface area contributed by atoms with Crippen molar-refractivity contribution < 1.29 is 19.1 Å². The molecule has 5 rings (SSSR count).